The molecule has 1 aliphatic heterocycles. The smallest absolute Gasteiger partial charge is 0.253 e. The zero-order valence-corrected chi connectivity index (χ0v) is 19.6. The number of nitrogens with zero attached hydrogens (tertiary/aromatic N) is 5. The summed E-state index contributed by atoms with van der Waals surface area (Å²) in [5.74, 6) is 0.550. The molecule has 3 heterocycles. The molecule has 0 N–H and O–H groups in total. The van der Waals surface area contributed by atoms with Gasteiger partial charge in [0.1, 0.15) is 17.6 Å². The number of carbonyl (C=O) groups excluding carboxylic acids is 1. The lowest BCUT2D eigenvalue weighted by Gasteiger charge is -2.19. The number of halogens is 2. The van der Waals surface area contributed by atoms with Gasteiger partial charge in [0.15, 0.2) is 11.0 Å². The zero-order chi connectivity index (χ0) is 23.7. The highest BCUT2D eigenvalue weighted by molar-refractivity contribution is 7.99. The Hall–Kier alpha value is -3.43. The number of rotatable bonds is 6. The third-order valence-corrected chi connectivity index (χ3v) is 6.75. The van der Waals surface area contributed by atoms with Crippen molar-refractivity contribution in [3.05, 3.63) is 89.1 Å². The summed E-state index contributed by atoms with van der Waals surface area (Å²) >= 11 is 7.23. The molecule has 0 spiro atoms. The van der Waals surface area contributed by atoms with Crippen molar-refractivity contribution in [3.8, 4) is 11.4 Å². The summed E-state index contributed by atoms with van der Waals surface area (Å²) in [6, 6.07) is 17.0. The molecule has 10 heteroatoms. The van der Waals surface area contributed by atoms with Crippen molar-refractivity contribution in [2.75, 3.05) is 5.75 Å². The fraction of sp³-hybridized carbons (Fsp3) is 0.167. The molecule has 4 aromatic rings. The number of aromatic nitrogens is 3. The van der Waals surface area contributed by atoms with Crippen LogP contribution in [0.15, 0.2) is 81.6 Å². The Morgan fingerprint density at radius 1 is 1.15 bits per heavy atom. The van der Waals surface area contributed by atoms with E-state index < -0.39 is 0 Å². The van der Waals surface area contributed by atoms with E-state index in [2.05, 4.69) is 15.3 Å². The van der Waals surface area contributed by atoms with Crippen molar-refractivity contribution in [1.29, 1.82) is 0 Å². The van der Waals surface area contributed by atoms with Crippen LogP contribution in [0.3, 0.4) is 0 Å². The minimum Gasteiger partial charge on any atom is -0.467 e. The average molecular weight is 496 g/mol. The normalized spacial score (nSPS) is 15.6. The maximum Gasteiger partial charge on any atom is 0.253 e. The van der Waals surface area contributed by atoms with Gasteiger partial charge in [-0.1, -0.05) is 47.6 Å². The Morgan fingerprint density at radius 2 is 1.94 bits per heavy atom. The van der Waals surface area contributed by atoms with Gasteiger partial charge in [0.05, 0.1) is 23.3 Å². The van der Waals surface area contributed by atoms with E-state index in [4.69, 9.17) is 16.0 Å². The molecular weight excluding hydrogens is 477 g/mol. The predicted octanol–water partition coefficient (Wildman–Crippen LogP) is 5.34. The van der Waals surface area contributed by atoms with Crippen molar-refractivity contribution in [2.45, 2.75) is 17.6 Å². The highest BCUT2D eigenvalue weighted by atomic mass is 35.5. The molecule has 1 amide bonds. The lowest BCUT2D eigenvalue weighted by molar-refractivity contribution is -0.130. The molecule has 34 heavy (non-hydrogen) atoms. The summed E-state index contributed by atoms with van der Waals surface area (Å²) in [5, 5.41) is 15.5. The van der Waals surface area contributed by atoms with Crippen molar-refractivity contribution in [3.63, 3.8) is 0 Å². The van der Waals surface area contributed by atoms with Crippen LogP contribution in [0.5, 0.6) is 0 Å². The number of benzene rings is 2. The van der Waals surface area contributed by atoms with Crippen LogP contribution in [-0.4, -0.2) is 37.1 Å². The van der Waals surface area contributed by atoms with E-state index in [1.165, 1.54) is 22.8 Å². The van der Waals surface area contributed by atoms with Gasteiger partial charge in [-0.3, -0.25) is 4.79 Å². The summed E-state index contributed by atoms with van der Waals surface area (Å²) in [5.41, 5.74) is 2.02. The first-order valence-corrected chi connectivity index (χ1v) is 11.8. The van der Waals surface area contributed by atoms with Gasteiger partial charge in [-0.15, -0.1) is 10.2 Å². The third kappa shape index (κ3) is 4.36. The Labute approximate surface area is 204 Å². The number of hydrazone groups is 1. The van der Waals surface area contributed by atoms with Gasteiger partial charge >= 0.3 is 0 Å². The van der Waals surface area contributed by atoms with Gasteiger partial charge in [0.2, 0.25) is 0 Å². The number of carbonyl (C=O) groups is 1. The molecule has 0 radical (unpaired) electrons. The van der Waals surface area contributed by atoms with Crippen molar-refractivity contribution in [2.24, 2.45) is 12.1 Å². The van der Waals surface area contributed by atoms with E-state index in [1.807, 2.05) is 18.2 Å². The summed E-state index contributed by atoms with van der Waals surface area (Å²) in [6.45, 7) is 0. The summed E-state index contributed by atoms with van der Waals surface area (Å²) in [7, 11) is 1.74. The van der Waals surface area contributed by atoms with Crippen LogP contribution in [0.4, 0.5) is 4.39 Å². The number of hydrogen-bond acceptors (Lipinski definition) is 6. The predicted molar refractivity (Wildman–Crippen MR) is 128 cm³/mol. The van der Waals surface area contributed by atoms with Crippen LogP contribution in [-0.2, 0) is 11.8 Å². The van der Waals surface area contributed by atoms with Crippen LogP contribution in [0.25, 0.3) is 11.4 Å². The fourth-order valence-electron chi connectivity index (χ4n) is 3.77. The van der Waals surface area contributed by atoms with Gasteiger partial charge in [0.25, 0.3) is 5.91 Å². The lowest BCUT2D eigenvalue weighted by Crippen LogP contribution is -2.28. The maximum absolute atomic E-state index is 14.2. The average Bonchev–Trinajstić information content (AvgIpc) is 3.59. The molecule has 2 aromatic heterocycles. The van der Waals surface area contributed by atoms with Gasteiger partial charge in [-0.25, -0.2) is 9.40 Å². The van der Waals surface area contributed by atoms with E-state index >= 15 is 0 Å². The Balaban J connectivity index is 1.35. The first-order chi connectivity index (χ1) is 16.5. The minimum absolute atomic E-state index is 0.0812. The standard InChI is InChI=1S/C24H19ClFN5O2S/c1-30-23(17-5-2-3-6-18(17)26)27-28-24(30)34-14-22(32)31-20(21-7-4-12-33-21)13-19(29-31)15-8-10-16(25)11-9-15/h2-12,20H,13-14H2,1H3. The van der Waals surface area contributed by atoms with E-state index in [-0.39, 0.29) is 23.5 Å². The van der Waals surface area contributed by atoms with E-state index in [0.717, 1.165) is 11.3 Å². The second kappa shape index (κ2) is 9.44. The molecule has 7 nitrogen and oxygen atoms in total. The maximum atomic E-state index is 14.2. The van der Waals surface area contributed by atoms with Crippen molar-refractivity contribution >= 4 is 35.0 Å². The number of thioether (sulfide) groups is 1. The monoisotopic (exact) mass is 495 g/mol. The Bertz CT molecular complexity index is 1350. The van der Waals surface area contributed by atoms with Gasteiger partial charge in [0, 0.05) is 18.5 Å². The number of amides is 1. The van der Waals surface area contributed by atoms with E-state index in [0.29, 0.717) is 33.7 Å². The Kier molecular flexibility index (Phi) is 6.21. The largest absolute Gasteiger partial charge is 0.467 e. The molecule has 1 atom stereocenters. The Morgan fingerprint density at radius 3 is 2.68 bits per heavy atom. The first-order valence-electron chi connectivity index (χ1n) is 10.5. The molecule has 1 aliphatic rings. The van der Waals surface area contributed by atoms with Crippen LogP contribution >= 0.6 is 23.4 Å². The highest BCUT2D eigenvalue weighted by Crippen LogP contribution is 2.34. The molecule has 0 bridgehead atoms. The molecule has 0 fully saturated rings. The third-order valence-electron chi connectivity index (χ3n) is 5.49. The zero-order valence-electron chi connectivity index (χ0n) is 18.1. The first kappa shape index (κ1) is 22.4. The van der Waals surface area contributed by atoms with Crippen LogP contribution in [0.1, 0.15) is 23.8 Å². The number of hydrogen-bond donors (Lipinski definition) is 0. The second-order valence-corrected chi connectivity index (χ2v) is 9.04. The van der Waals surface area contributed by atoms with E-state index in [1.54, 1.807) is 54.3 Å². The van der Waals surface area contributed by atoms with Crippen molar-refractivity contribution < 1.29 is 13.6 Å². The van der Waals surface area contributed by atoms with E-state index in [9.17, 15) is 9.18 Å². The summed E-state index contributed by atoms with van der Waals surface area (Å²) in [4.78, 5) is 13.2. The lowest BCUT2D eigenvalue weighted by atomic mass is 10.0. The minimum atomic E-state index is -0.381. The summed E-state index contributed by atoms with van der Waals surface area (Å²) < 4.78 is 21.4. The van der Waals surface area contributed by atoms with Gasteiger partial charge < -0.3 is 8.98 Å². The van der Waals surface area contributed by atoms with Gasteiger partial charge in [-0.05, 0) is 42.0 Å². The molecule has 2 aromatic carbocycles. The molecule has 172 valence electrons. The van der Waals surface area contributed by atoms with Crippen LogP contribution in [0, 0.1) is 5.82 Å². The van der Waals surface area contributed by atoms with Gasteiger partial charge in [-0.2, -0.15) is 5.10 Å². The molecule has 0 saturated heterocycles. The SMILES string of the molecule is Cn1c(SCC(=O)N2N=C(c3ccc(Cl)cc3)CC2c2ccco2)nnc1-c1ccccc1F. The topological polar surface area (TPSA) is 76.5 Å². The van der Waals surface area contributed by atoms with Crippen molar-refractivity contribution in [1.82, 2.24) is 19.8 Å². The fourth-order valence-corrected chi connectivity index (χ4v) is 4.66. The summed E-state index contributed by atoms with van der Waals surface area (Å²) in [6.07, 6.45) is 2.10. The highest BCUT2D eigenvalue weighted by Gasteiger charge is 2.35. The quantitative estimate of drug-likeness (QED) is 0.337. The van der Waals surface area contributed by atoms with Crippen LogP contribution < -0.4 is 0 Å². The molecular formula is C24H19ClFN5O2S. The second-order valence-electron chi connectivity index (χ2n) is 7.66. The number of furan rings is 1. The molecule has 0 aliphatic carbocycles. The molecule has 1 unspecified atom stereocenters. The molecule has 5 rings (SSSR count). The molecule has 0 saturated carbocycles. The van der Waals surface area contributed by atoms with Crippen LogP contribution in [0.2, 0.25) is 5.02 Å².